The van der Waals surface area contributed by atoms with Gasteiger partial charge in [-0.15, -0.1) is 0 Å². The Hall–Kier alpha value is -9.50. The quantitative estimate of drug-likeness (QED) is 0.160. The van der Waals surface area contributed by atoms with E-state index in [2.05, 4.69) is 289 Å². The van der Waals surface area contributed by atoms with Gasteiger partial charge in [0.1, 0.15) is 0 Å². The first kappa shape index (κ1) is 52.9. The van der Waals surface area contributed by atoms with E-state index in [-0.39, 0.29) is 21.3 Å². The Balaban J connectivity index is 0.000000148. The molecule has 2 aliphatic heterocycles. The van der Waals surface area contributed by atoms with Gasteiger partial charge in [0, 0.05) is 65.9 Å². The van der Waals surface area contributed by atoms with Crippen LogP contribution in [0.5, 0.6) is 0 Å². The molecule has 0 bridgehead atoms. The number of aromatic nitrogens is 4. The summed E-state index contributed by atoms with van der Waals surface area (Å²) in [7, 11) is 0. The molecule has 0 fully saturated rings. The molecule has 79 heavy (non-hydrogen) atoms. The number of anilines is 5. The molecule has 3 radical (unpaired) electrons. The summed E-state index contributed by atoms with van der Waals surface area (Å²) in [6, 6.07) is 98.5. The number of halogens is 1. The molecule has 10 aromatic carbocycles. The second kappa shape index (κ2) is 23.8. The molecule has 12 aromatic rings. The third-order valence-corrected chi connectivity index (χ3v) is 15.0. The van der Waals surface area contributed by atoms with E-state index in [4.69, 9.17) is 0 Å². The molecule has 0 amide bonds. The van der Waals surface area contributed by atoms with E-state index in [1.807, 2.05) is 36.4 Å². The minimum atomic E-state index is -0.454. The third kappa shape index (κ3) is 9.95. The number of rotatable bonds is 7. The van der Waals surface area contributed by atoms with Crippen LogP contribution in [0, 0.1) is 0 Å². The molecule has 8 heteroatoms. The van der Waals surface area contributed by atoms with Crippen molar-refractivity contribution in [3.8, 4) is 22.8 Å². The van der Waals surface area contributed by atoms with Crippen molar-refractivity contribution in [1.82, 2.24) is 19.9 Å². The summed E-state index contributed by atoms with van der Waals surface area (Å²) >= 11 is 3.38. The van der Waals surface area contributed by atoms with E-state index in [9.17, 15) is 0 Å². The van der Waals surface area contributed by atoms with E-state index in [1.165, 1.54) is 67.3 Å². The Morgan fingerprint density at radius 1 is 0.316 bits per heavy atom. The van der Waals surface area contributed by atoms with E-state index in [0.29, 0.717) is 0 Å². The van der Waals surface area contributed by atoms with Crippen LogP contribution < -0.4 is 10.2 Å². The molecule has 379 valence electrons. The van der Waals surface area contributed by atoms with Gasteiger partial charge in [0.25, 0.3) is 0 Å². The number of benzene rings is 10. The number of nitrogens with zero attached hydrogens (tertiary/aromatic N) is 5. The predicted octanol–water partition coefficient (Wildman–Crippen LogP) is 17.6. The average Bonchev–Trinajstić information content (AvgIpc) is 3.64. The van der Waals surface area contributed by atoms with Crippen molar-refractivity contribution in [2.45, 2.75) is 18.3 Å². The summed E-state index contributed by atoms with van der Waals surface area (Å²) in [4.78, 5) is 19.5. The number of para-hydroxylation sites is 4. The number of hydrogen-bond acceptors (Lipinski definition) is 6. The van der Waals surface area contributed by atoms with Gasteiger partial charge in [0.05, 0.1) is 22.2 Å². The molecule has 0 aliphatic carbocycles. The Bertz CT molecular complexity index is 3720. The Morgan fingerprint density at radius 3 is 1.00 bits per heavy atom. The van der Waals surface area contributed by atoms with Crippen LogP contribution in [-0.4, -0.2) is 28.3 Å². The minimum Gasteiger partial charge on any atom is -0.355 e. The second-order valence-corrected chi connectivity index (χ2v) is 19.7. The van der Waals surface area contributed by atoms with Crippen LogP contribution in [0.2, 0.25) is 0 Å². The zero-order valence-corrected chi connectivity index (χ0v) is 44.1. The summed E-state index contributed by atoms with van der Waals surface area (Å²) in [5.41, 5.74) is 17.2. The van der Waals surface area contributed by atoms with Crippen LogP contribution in [0.1, 0.15) is 51.9 Å². The summed E-state index contributed by atoms with van der Waals surface area (Å²) in [5, 5.41) is 3.63. The van der Waals surface area contributed by atoms with Gasteiger partial charge in [0.15, 0.2) is 11.6 Å². The lowest BCUT2D eigenvalue weighted by molar-refractivity contribution is 0.731. The maximum absolute atomic E-state index is 4.42. The number of hydrogen-bond donors (Lipinski definition) is 1. The van der Waals surface area contributed by atoms with Crippen LogP contribution in [0.25, 0.3) is 22.8 Å². The SMILES string of the molecule is Brc1ccc(-c2ncccn2)cc1.C.[B].c1ccc(C2(c3ccccc3)c3ccccc3N(c3ccc(-c4ncccn4)cc3)c3ccccc32)cc1.c1ccc(C2(c3ccccc3)c3ccccc3Nc3ccccc32)cc1. The molecule has 2 aliphatic rings. The first-order valence-corrected chi connectivity index (χ1v) is 26.5. The predicted molar refractivity (Wildman–Crippen MR) is 330 cm³/mol. The Labute approximate surface area is 474 Å². The zero-order valence-electron chi connectivity index (χ0n) is 42.6. The minimum absolute atomic E-state index is 0. The number of fused-ring (bicyclic) bond motifs is 4. The first-order chi connectivity index (χ1) is 38.1. The highest BCUT2D eigenvalue weighted by Crippen LogP contribution is 2.58. The van der Waals surface area contributed by atoms with Gasteiger partial charge in [-0.1, -0.05) is 230 Å². The lowest BCUT2D eigenvalue weighted by Crippen LogP contribution is -2.37. The number of nitrogens with one attached hydrogen (secondary N) is 1. The van der Waals surface area contributed by atoms with E-state index in [0.717, 1.165) is 32.9 Å². The molecule has 0 saturated heterocycles. The highest BCUT2D eigenvalue weighted by atomic mass is 79.9. The largest absolute Gasteiger partial charge is 0.355 e. The summed E-state index contributed by atoms with van der Waals surface area (Å²) in [5.74, 6) is 1.49. The van der Waals surface area contributed by atoms with Crippen molar-refractivity contribution < 1.29 is 0 Å². The topological polar surface area (TPSA) is 66.8 Å². The molecule has 1 N–H and O–H groups in total. The first-order valence-electron chi connectivity index (χ1n) is 25.7. The van der Waals surface area contributed by atoms with Crippen molar-refractivity contribution in [3.05, 3.63) is 353 Å². The van der Waals surface area contributed by atoms with E-state index < -0.39 is 5.41 Å². The fraction of sp³-hybridized carbons (Fsp3) is 0.0423. The normalized spacial score (nSPS) is 12.7. The molecular formula is C71H55BBrN6. The molecule has 0 spiro atoms. The van der Waals surface area contributed by atoms with Crippen LogP contribution in [0.15, 0.2) is 308 Å². The van der Waals surface area contributed by atoms with Gasteiger partial charge in [-0.2, -0.15) is 0 Å². The van der Waals surface area contributed by atoms with E-state index in [1.54, 1.807) is 24.8 Å². The van der Waals surface area contributed by atoms with Gasteiger partial charge < -0.3 is 10.2 Å². The zero-order chi connectivity index (χ0) is 51.9. The van der Waals surface area contributed by atoms with E-state index >= 15 is 0 Å². The average molecular weight is 1080 g/mol. The van der Waals surface area contributed by atoms with Crippen molar-refractivity contribution >= 4 is 52.8 Å². The van der Waals surface area contributed by atoms with Crippen LogP contribution >= 0.6 is 15.9 Å². The summed E-state index contributed by atoms with van der Waals surface area (Å²) in [6.45, 7) is 0. The van der Waals surface area contributed by atoms with Crippen molar-refractivity contribution in [1.29, 1.82) is 0 Å². The maximum Gasteiger partial charge on any atom is 0.159 e. The highest BCUT2D eigenvalue weighted by molar-refractivity contribution is 9.10. The fourth-order valence-electron chi connectivity index (χ4n) is 11.2. The van der Waals surface area contributed by atoms with Gasteiger partial charge >= 0.3 is 0 Å². The van der Waals surface area contributed by atoms with Gasteiger partial charge in [-0.25, -0.2) is 19.9 Å². The van der Waals surface area contributed by atoms with Crippen molar-refractivity contribution in [3.63, 3.8) is 0 Å². The molecule has 0 saturated carbocycles. The van der Waals surface area contributed by atoms with Gasteiger partial charge in [-0.05, 0) is 117 Å². The lowest BCUT2D eigenvalue weighted by Gasteiger charge is -2.46. The smallest absolute Gasteiger partial charge is 0.159 e. The van der Waals surface area contributed by atoms with Crippen LogP contribution in [0.4, 0.5) is 28.4 Å². The molecule has 14 rings (SSSR count). The van der Waals surface area contributed by atoms with Crippen LogP contribution in [-0.2, 0) is 10.8 Å². The van der Waals surface area contributed by atoms with Crippen LogP contribution in [0.3, 0.4) is 0 Å². The van der Waals surface area contributed by atoms with Crippen molar-refractivity contribution in [2.24, 2.45) is 0 Å². The maximum atomic E-state index is 4.42. The van der Waals surface area contributed by atoms with Gasteiger partial charge in [0.2, 0.25) is 0 Å². The molecule has 6 nitrogen and oxygen atoms in total. The lowest BCUT2D eigenvalue weighted by atomic mass is 9.62. The Kier molecular flexibility index (Phi) is 16.0. The molecule has 0 atom stereocenters. The van der Waals surface area contributed by atoms with Crippen molar-refractivity contribution in [2.75, 3.05) is 10.2 Å². The standard InChI is InChI=1S/C35H25N3.C25H19N.C10H7BrN2.CH4.B/c1-3-12-27(13-4-1)35(28-14-5-2-6-15-28)30-16-7-9-18-32(30)38(33-19-10-8-17-31(33)35)29-22-20-26(21-23-29)34-36-24-11-25-37-34;1-3-11-19(12-4-1)25(20-13-5-2-6-14-20)21-15-7-9-17-23(21)26-24-18-10-8-16-22(24)25;11-9-4-2-8(3-5-9)10-12-6-1-7-13-10;;/h1-25H;1-18,26H;1-7H;1H4;. The third-order valence-electron chi connectivity index (χ3n) is 14.5. The summed E-state index contributed by atoms with van der Waals surface area (Å²) < 4.78 is 1.06. The second-order valence-electron chi connectivity index (χ2n) is 18.7. The van der Waals surface area contributed by atoms with Gasteiger partial charge in [-0.3, -0.25) is 0 Å². The highest BCUT2D eigenvalue weighted by Gasteiger charge is 2.47. The molecular weight excluding hydrogens is 1030 g/mol. The fourth-order valence-corrected chi connectivity index (χ4v) is 11.5. The molecule has 2 aromatic heterocycles. The Morgan fingerprint density at radius 2 is 0.620 bits per heavy atom. The molecule has 0 unspecified atom stereocenters. The monoisotopic (exact) mass is 1080 g/mol. The molecule has 4 heterocycles. The summed E-state index contributed by atoms with van der Waals surface area (Å²) in [6.07, 6.45) is 7.04.